The molecule has 0 amide bonds. The standard InChI is InChI=1S/C25H29N5O/c1-17-15-30-16-23(27-25(30)18(2)26-17)22-14-20-5-7-21(13-19(20)6-8-24(22)31)29-10-4-9-28(3)11-12-29/h5,7,13-16H,4,6,8-12H2,1-3H3. The third-order valence-corrected chi connectivity index (χ3v) is 6.43. The van der Waals surface area contributed by atoms with Gasteiger partial charge in [-0.25, -0.2) is 4.98 Å². The zero-order valence-electron chi connectivity index (χ0n) is 18.6. The van der Waals surface area contributed by atoms with Crippen LogP contribution in [0.4, 0.5) is 5.69 Å². The first kappa shape index (κ1) is 19.9. The Labute approximate surface area is 183 Å². The Morgan fingerprint density at radius 3 is 2.71 bits per heavy atom. The van der Waals surface area contributed by atoms with Crippen LogP contribution >= 0.6 is 0 Å². The number of allylic oxidation sites excluding steroid dienone is 1. The summed E-state index contributed by atoms with van der Waals surface area (Å²) in [6, 6.07) is 6.66. The van der Waals surface area contributed by atoms with Crippen LogP contribution in [-0.4, -0.2) is 58.3 Å². The zero-order valence-corrected chi connectivity index (χ0v) is 18.6. The smallest absolute Gasteiger partial charge is 0.165 e. The molecule has 3 heterocycles. The first-order chi connectivity index (χ1) is 15.0. The van der Waals surface area contributed by atoms with Gasteiger partial charge in [-0.2, -0.15) is 0 Å². The molecule has 0 atom stereocenters. The van der Waals surface area contributed by atoms with Gasteiger partial charge in [0.2, 0.25) is 0 Å². The highest BCUT2D eigenvalue weighted by molar-refractivity contribution is 6.25. The van der Waals surface area contributed by atoms with Crippen LogP contribution in [0.15, 0.2) is 30.6 Å². The molecule has 6 heteroatoms. The number of ketones is 1. The number of nitrogens with zero attached hydrogens (tertiary/aromatic N) is 5. The van der Waals surface area contributed by atoms with Crippen molar-refractivity contribution in [2.45, 2.75) is 33.1 Å². The van der Waals surface area contributed by atoms with Crippen LogP contribution in [0.2, 0.25) is 0 Å². The van der Waals surface area contributed by atoms with Crippen molar-refractivity contribution in [1.29, 1.82) is 0 Å². The minimum Gasteiger partial charge on any atom is -0.370 e. The summed E-state index contributed by atoms with van der Waals surface area (Å²) in [6.07, 6.45) is 8.39. The molecule has 0 bridgehead atoms. The molecule has 0 spiro atoms. The van der Waals surface area contributed by atoms with Crippen LogP contribution in [0.25, 0.3) is 17.3 Å². The van der Waals surface area contributed by atoms with Crippen LogP contribution in [0.5, 0.6) is 0 Å². The molecule has 1 aromatic carbocycles. The molecule has 1 aliphatic heterocycles. The molecule has 0 radical (unpaired) electrons. The van der Waals surface area contributed by atoms with E-state index in [1.807, 2.05) is 36.7 Å². The molecule has 3 aromatic rings. The van der Waals surface area contributed by atoms with Crippen molar-refractivity contribution in [1.82, 2.24) is 19.3 Å². The third kappa shape index (κ3) is 3.88. The second kappa shape index (κ2) is 7.93. The number of rotatable bonds is 2. The molecule has 31 heavy (non-hydrogen) atoms. The normalized spacial score (nSPS) is 18.0. The average Bonchev–Trinajstić information content (AvgIpc) is 2.94. The summed E-state index contributed by atoms with van der Waals surface area (Å²) < 4.78 is 1.98. The van der Waals surface area contributed by atoms with Crippen molar-refractivity contribution < 1.29 is 4.79 Å². The number of Topliss-reactive ketones (excluding diaryl/α,β-unsaturated/α-hetero) is 1. The van der Waals surface area contributed by atoms with Gasteiger partial charge in [-0.05, 0) is 69.6 Å². The Balaban J connectivity index is 1.51. The summed E-state index contributed by atoms with van der Waals surface area (Å²) in [5.74, 6) is 0.153. The number of imidazole rings is 1. The molecular weight excluding hydrogens is 386 g/mol. The van der Waals surface area contributed by atoms with Crippen molar-refractivity contribution in [3.8, 4) is 0 Å². The number of fused-ring (bicyclic) bond motifs is 2. The first-order valence-corrected chi connectivity index (χ1v) is 11.1. The molecule has 2 aliphatic rings. The lowest BCUT2D eigenvalue weighted by atomic mass is 10.0. The Kier molecular flexibility index (Phi) is 5.10. The predicted molar refractivity (Wildman–Crippen MR) is 124 cm³/mol. The predicted octanol–water partition coefficient (Wildman–Crippen LogP) is 3.54. The molecule has 160 valence electrons. The molecule has 1 saturated heterocycles. The Morgan fingerprint density at radius 2 is 1.84 bits per heavy atom. The number of aryl methyl sites for hydroxylation is 3. The van der Waals surface area contributed by atoms with Gasteiger partial charge in [-0.3, -0.25) is 9.78 Å². The quantitative estimate of drug-likeness (QED) is 0.641. The fourth-order valence-corrected chi connectivity index (χ4v) is 4.72. The van der Waals surface area contributed by atoms with E-state index in [-0.39, 0.29) is 5.78 Å². The van der Waals surface area contributed by atoms with Crippen molar-refractivity contribution in [3.63, 3.8) is 0 Å². The molecule has 1 fully saturated rings. The van der Waals surface area contributed by atoms with Crippen molar-refractivity contribution in [3.05, 3.63) is 58.8 Å². The average molecular weight is 416 g/mol. The molecule has 6 nitrogen and oxygen atoms in total. The molecule has 1 aliphatic carbocycles. The van der Waals surface area contributed by atoms with Gasteiger partial charge in [0, 0.05) is 49.7 Å². The summed E-state index contributed by atoms with van der Waals surface area (Å²) in [5, 5.41) is 0. The number of likely N-dealkylation sites (N-methyl/N-ethyl adjacent to an activating group) is 1. The maximum absolute atomic E-state index is 13.0. The van der Waals surface area contributed by atoms with Gasteiger partial charge in [-0.1, -0.05) is 6.07 Å². The van der Waals surface area contributed by atoms with Gasteiger partial charge in [-0.15, -0.1) is 0 Å². The van der Waals surface area contributed by atoms with E-state index in [1.54, 1.807) is 0 Å². The van der Waals surface area contributed by atoms with Gasteiger partial charge >= 0.3 is 0 Å². The number of hydrogen-bond donors (Lipinski definition) is 0. The highest BCUT2D eigenvalue weighted by atomic mass is 16.1. The highest BCUT2D eigenvalue weighted by Crippen LogP contribution is 2.30. The number of benzene rings is 1. The lowest BCUT2D eigenvalue weighted by Gasteiger charge is -2.24. The Bertz CT molecular complexity index is 1190. The van der Waals surface area contributed by atoms with E-state index in [0.29, 0.717) is 12.0 Å². The van der Waals surface area contributed by atoms with Gasteiger partial charge in [0.25, 0.3) is 0 Å². The van der Waals surface area contributed by atoms with Crippen molar-refractivity contribution in [2.24, 2.45) is 0 Å². The zero-order chi connectivity index (χ0) is 21.5. The Morgan fingerprint density at radius 1 is 0.968 bits per heavy atom. The van der Waals surface area contributed by atoms with Crippen LogP contribution in [0.1, 0.15) is 41.1 Å². The van der Waals surface area contributed by atoms with Crippen LogP contribution in [0.3, 0.4) is 0 Å². The lowest BCUT2D eigenvalue weighted by Crippen LogP contribution is -2.28. The summed E-state index contributed by atoms with van der Waals surface area (Å²) in [6.45, 7) is 8.29. The van der Waals surface area contributed by atoms with Crippen LogP contribution < -0.4 is 4.90 Å². The lowest BCUT2D eigenvalue weighted by molar-refractivity contribution is -0.113. The molecule has 0 unspecified atom stereocenters. The third-order valence-electron chi connectivity index (χ3n) is 6.43. The Hall–Kier alpha value is -2.99. The van der Waals surface area contributed by atoms with Gasteiger partial charge in [0.05, 0.1) is 17.1 Å². The number of hydrogen-bond acceptors (Lipinski definition) is 5. The number of carbonyl (C=O) groups excluding carboxylic acids is 1. The number of anilines is 1. The van der Waals surface area contributed by atoms with E-state index in [1.165, 1.54) is 17.7 Å². The fourth-order valence-electron chi connectivity index (χ4n) is 4.72. The summed E-state index contributed by atoms with van der Waals surface area (Å²) in [4.78, 5) is 27.2. The fraction of sp³-hybridized carbons (Fsp3) is 0.400. The van der Waals surface area contributed by atoms with E-state index in [9.17, 15) is 4.79 Å². The second-order valence-corrected chi connectivity index (χ2v) is 8.83. The second-order valence-electron chi connectivity index (χ2n) is 8.83. The van der Waals surface area contributed by atoms with E-state index < -0.39 is 0 Å². The highest BCUT2D eigenvalue weighted by Gasteiger charge is 2.22. The summed E-state index contributed by atoms with van der Waals surface area (Å²) >= 11 is 0. The van der Waals surface area contributed by atoms with E-state index in [2.05, 4.69) is 40.0 Å². The monoisotopic (exact) mass is 415 g/mol. The van der Waals surface area contributed by atoms with Crippen LogP contribution in [-0.2, 0) is 11.2 Å². The molecular formula is C25H29N5O. The minimum atomic E-state index is 0.153. The van der Waals surface area contributed by atoms with Crippen molar-refractivity contribution in [2.75, 3.05) is 38.1 Å². The minimum absolute atomic E-state index is 0.153. The molecule has 5 rings (SSSR count). The van der Waals surface area contributed by atoms with Gasteiger partial charge in [0.1, 0.15) is 0 Å². The van der Waals surface area contributed by atoms with E-state index >= 15 is 0 Å². The summed E-state index contributed by atoms with van der Waals surface area (Å²) in [5.41, 5.74) is 7.68. The largest absolute Gasteiger partial charge is 0.370 e. The molecule has 0 saturated carbocycles. The maximum atomic E-state index is 13.0. The number of aromatic nitrogens is 3. The summed E-state index contributed by atoms with van der Waals surface area (Å²) in [7, 11) is 2.19. The van der Waals surface area contributed by atoms with Crippen molar-refractivity contribution >= 4 is 28.8 Å². The SMILES string of the molecule is Cc1cn2cc(C3=Cc4ccc(N5CCCN(C)CC5)cc4CCC3=O)nc2c(C)n1. The van der Waals surface area contributed by atoms with Gasteiger partial charge in [0.15, 0.2) is 11.4 Å². The first-order valence-electron chi connectivity index (χ1n) is 11.1. The van der Waals surface area contributed by atoms with E-state index in [4.69, 9.17) is 4.98 Å². The van der Waals surface area contributed by atoms with Gasteiger partial charge < -0.3 is 14.2 Å². The topological polar surface area (TPSA) is 53.7 Å². The number of carbonyl (C=O) groups is 1. The molecule has 2 aromatic heterocycles. The van der Waals surface area contributed by atoms with Crippen LogP contribution in [0, 0.1) is 13.8 Å². The van der Waals surface area contributed by atoms with E-state index in [0.717, 1.165) is 60.9 Å². The molecule has 0 N–H and O–H groups in total. The maximum Gasteiger partial charge on any atom is 0.165 e.